The van der Waals surface area contributed by atoms with E-state index in [2.05, 4.69) is 29.1 Å². The number of nitrogens with one attached hydrogen (secondary N) is 1. The minimum absolute atomic E-state index is 0.151. The summed E-state index contributed by atoms with van der Waals surface area (Å²) in [4.78, 5) is 21.9. The molecule has 0 bridgehead atoms. The van der Waals surface area contributed by atoms with Crippen LogP contribution in [0.1, 0.15) is 31.6 Å². The van der Waals surface area contributed by atoms with Crippen LogP contribution in [0.5, 0.6) is 0 Å². The molecule has 2 heterocycles. The Balaban J connectivity index is 1.59. The smallest absolute Gasteiger partial charge is 0.247 e. The Bertz CT molecular complexity index is 1230. The lowest BCUT2D eigenvalue weighted by molar-refractivity contribution is -0.117. The number of benzene rings is 2. The summed E-state index contributed by atoms with van der Waals surface area (Å²) in [5.74, 6) is 1.89. The number of carbonyl (C=O) groups is 1. The summed E-state index contributed by atoms with van der Waals surface area (Å²) in [5, 5.41) is 4.15. The summed E-state index contributed by atoms with van der Waals surface area (Å²) in [7, 11) is 2.03. The maximum atomic E-state index is 13.5. The van der Waals surface area contributed by atoms with Gasteiger partial charge in [-0.15, -0.1) is 0 Å². The van der Waals surface area contributed by atoms with Crippen molar-refractivity contribution in [3.05, 3.63) is 59.9 Å². The molecule has 4 rings (SSSR count). The molecule has 0 saturated heterocycles. The van der Waals surface area contributed by atoms with Crippen LogP contribution in [-0.4, -0.2) is 47.9 Å². The average Bonchev–Trinajstić information content (AvgIpc) is 3.37. The number of anilines is 2. The maximum absolute atomic E-state index is 13.5. The van der Waals surface area contributed by atoms with E-state index in [0.717, 1.165) is 46.9 Å². The van der Waals surface area contributed by atoms with Crippen molar-refractivity contribution in [2.75, 3.05) is 30.4 Å². The van der Waals surface area contributed by atoms with Crippen LogP contribution in [0, 0.1) is 12.8 Å². The Morgan fingerprint density at radius 2 is 1.97 bits per heavy atom. The second kappa shape index (κ2) is 9.85. The van der Waals surface area contributed by atoms with E-state index in [4.69, 9.17) is 22.4 Å². The molecule has 1 aliphatic rings. The molecule has 8 heteroatoms. The summed E-state index contributed by atoms with van der Waals surface area (Å²) in [6.45, 7) is 7.79. The highest BCUT2D eigenvalue weighted by Gasteiger charge is 2.29. The van der Waals surface area contributed by atoms with E-state index in [9.17, 15) is 4.79 Å². The molecule has 1 aliphatic heterocycles. The zero-order valence-electron chi connectivity index (χ0n) is 20.0. The van der Waals surface area contributed by atoms with Crippen LogP contribution in [0.4, 0.5) is 11.4 Å². The third-order valence-corrected chi connectivity index (χ3v) is 6.11. The number of nitrogens with zero attached hydrogens (tertiary/aromatic N) is 3. The van der Waals surface area contributed by atoms with Crippen molar-refractivity contribution >= 4 is 51.4 Å². The molecule has 0 spiro atoms. The fourth-order valence-electron chi connectivity index (χ4n) is 4.32. The van der Waals surface area contributed by atoms with Gasteiger partial charge in [0.1, 0.15) is 23.2 Å². The quantitative estimate of drug-likeness (QED) is 0.486. The van der Waals surface area contributed by atoms with Crippen molar-refractivity contribution in [3.8, 4) is 0 Å². The molecule has 7 nitrogen and oxygen atoms in total. The van der Waals surface area contributed by atoms with Crippen molar-refractivity contribution in [2.45, 2.75) is 33.2 Å². The highest BCUT2D eigenvalue weighted by molar-refractivity contribution is 7.80. The molecule has 178 valence electrons. The summed E-state index contributed by atoms with van der Waals surface area (Å²) >= 11 is 5.41. The topological polar surface area (TPSA) is 87.1 Å². The number of amides is 1. The van der Waals surface area contributed by atoms with Gasteiger partial charge < -0.3 is 25.3 Å². The van der Waals surface area contributed by atoms with E-state index >= 15 is 0 Å². The molecule has 34 heavy (non-hydrogen) atoms. The van der Waals surface area contributed by atoms with E-state index in [1.807, 2.05) is 62.5 Å². The number of aliphatic imine (C=N–C) groups is 1. The lowest BCUT2D eigenvalue weighted by atomic mass is 10.0. The zero-order valence-corrected chi connectivity index (χ0v) is 20.9. The fraction of sp³-hybridized carbons (Fsp3) is 0.346. The summed E-state index contributed by atoms with van der Waals surface area (Å²) in [6, 6.07) is 14.9. The number of carbonyl (C=O) groups excluding carboxylic acids is 1. The van der Waals surface area contributed by atoms with Gasteiger partial charge in [-0.25, -0.2) is 0 Å². The molecule has 1 amide bonds. The van der Waals surface area contributed by atoms with Crippen LogP contribution in [0.3, 0.4) is 0 Å². The third-order valence-electron chi connectivity index (χ3n) is 5.92. The van der Waals surface area contributed by atoms with Crippen LogP contribution < -0.4 is 16.0 Å². The van der Waals surface area contributed by atoms with Crippen molar-refractivity contribution in [1.29, 1.82) is 0 Å². The van der Waals surface area contributed by atoms with Crippen molar-refractivity contribution in [1.82, 2.24) is 4.90 Å². The monoisotopic (exact) mass is 477 g/mol. The van der Waals surface area contributed by atoms with E-state index in [0.29, 0.717) is 12.1 Å². The number of amidine groups is 1. The van der Waals surface area contributed by atoms with Crippen LogP contribution in [0.2, 0.25) is 0 Å². The number of furan rings is 1. The Morgan fingerprint density at radius 3 is 2.59 bits per heavy atom. The average molecular weight is 478 g/mol. The molecular weight excluding hydrogens is 446 g/mol. The second-order valence-corrected chi connectivity index (χ2v) is 9.54. The number of aryl methyl sites for hydroxylation is 1. The molecule has 1 unspecified atom stereocenters. The van der Waals surface area contributed by atoms with Crippen molar-refractivity contribution in [3.63, 3.8) is 0 Å². The minimum Gasteiger partial charge on any atom is -0.461 e. The third kappa shape index (κ3) is 5.07. The number of fused-ring (bicyclic) bond motifs is 1. The van der Waals surface area contributed by atoms with Crippen molar-refractivity contribution < 1.29 is 9.21 Å². The minimum atomic E-state index is -0.562. The van der Waals surface area contributed by atoms with Crippen LogP contribution in [-0.2, 0) is 4.79 Å². The predicted molar refractivity (Wildman–Crippen MR) is 143 cm³/mol. The highest BCUT2D eigenvalue weighted by atomic mass is 32.1. The number of hydrogen-bond donors (Lipinski definition) is 2. The van der Waals surface area contributed by atoms with Gasteiger partial charge in [-0.05, 0) is 80.0 Å². The molecule has 1 atom stereocenters. The van der Waals surface area contributed by atoms with Gasteiger partial charge >= 0.3 is 0 Å². The lowest BCUT2D eigenvalue weighted by Crippen LogP contribution is -2.50. The summed E-state index contributed by atoms with van der Waals surface area (Å²) in [6.07, 6.45) is 0.589. The number of hydrogen-bond acceptors (Lipinski definition) is 5. The zero-order chi connectivity index (χ0) is 24.4. The predicted octanol–water partition coefficient (Wildman–Crippen LogP) is 4.54. The van der Waals surface area contributed by atoms with Gasteiger partial charge in [0.2, 0.25) is 5.91 Å². The first-order chi connectivity index (χ1) is 16.2. The highest BCUT2D eigenvalue weighted by Crippen LogP contribution is 2.28. The van der Waals surface area contributed by atoms with E-state index < -0.39 is 6.04 Å². The van der Waals surface area contributed by atoms with Gasteiger partial charge in [0, 0.05) is 35.9 Å². The molecule has 0 aliphatic carbocycles. The van der Waals surface area contributed by atoms with E-state index in [1.165, 1.54) is 0 Å². The number of nitrogens with two attached hydrogens (primary N) is 1. The number of rotatable bonds is 7. The van der Waals surface area contributed by atoms with Gasteiger partial charge in [-0.2, -0.15) is 0 Å². The van der Waals surface area contributed by atoms with Crippen LogP contribution in [0.25, 0.3) is 11.0 Å². The molecular formula is C26H31N5O2S. The maximum Gasteiger partial charge on any atom is 0.247 e. The standard InChI is InChI=1S/C26H31N5O2S/c1-16(2)13-22(31(26(27)34)21-9-10-23-19(15-21)14-17(3)33-23)25(32)29-20-7-5-18(6-8-20)24-28-11-12-30(24)4/h5-10,14-16,22H,11-13H2,1-4H3,(H2,27,34)(H,29,32). The first-order valence-corrected chi connectivity index (χ1v) is 11.9. The van der Waals surface area contributed by atoms with Gasteiger partial charge in [-0.3, -0.25) is 9.79 Å². The van der Waals surface area contributed by atoms with Crippen LogP contribution in [0.15, 0.2) is 57.9 Å². The summed E-state index contributed by atoms with van der Waals surface area (Å²) in [5.41, 5.74) is 9.46. The first kappa shape index (κ1) is 23.8. The first-order valence-electron chi connectivity index (χ1n) is 11.5. The molecule has 3 aromatic rings. The van der Waals surface area contributed by atoms with E-state index in [1.54, 1.807) is 4.90 Å². The number of thiocarbonyl (C=S) groups is 1. The fourth-order valence-corrected chi connectivity index (χ4v) is 4.56. The Hall–Kier alpha value is -3.39. The Labute approximate surface area is 205 Å². The van der Waals surface area contributed by atoms with Crippen molar-refractivity contribution in [2.24, 2.45) is 16.6 Å². The van der Waals surface area contributed by atoms with Gasteiger partial charge in [0.05, 0.1) is 6.54 Å². The number of likely N-dealkylation sites (N-methyl/N-ethyl adjacent to an activating group) is 1. The van der Waals surface area contributed by atoms with Crippen LogP contribution >= 0.6 is 12.2 Å². The molecule has 0 saturated carbocycles. The van der Waals surface area contributed by atoms with Gasteiger partial charge in [0.15, 0.2) is 5.11 Å². The largest absolute Gasteiger partial charge is 0.461 e. The molecule has 3 N–H and O–H groups in total. The molecule has 2 aromatic carbocycles. The normalized spacial score (nSPS) is 14.4. The van der Waals surface area contributed by atoms with Gasteiger partial charge in [-0.1, -0.05) is 13.8 Å². The molecule has 1 aromatic heterocycles. The Kier molecular flexibility index (Phi) is 6.88. The SMILES string of the molecule is Cc1cc2cc(N(C(N)=S)C(CC(C)C)C(=O)Nc3ccc(C4=NCCN4C)cc3)ccc2o1. The molecule has 0 radical (unpaired) electrons. The van der Waals surface area contributed by atoms with Gasteiger partial charge in [0.25, 0.3) is 0 Å². The van der Waals surface area contributed by atoms with E-state index in [-0.39, 0.29) is 16.9 Å². The second-order valence-electron chi connectivity index (χ2n) is 9.13. The molecule has 0 fully saturated rings. The summed E-state index contributed by atoms with van der Waals surface area (Å²) < 4.78 is 5.69. The lowest BCUT2D eigenvalue weighted by Gasteiger charge is -2.32. The Morgan fingerprint density at radius 1 is 1.24 bits per heavy atom.